The topological polar surface area (TPSA) is 72.2 Å². The molecule has 7 heteroatoms. The first-order valence-electron chi connectivity index (χ1n) is 6.06. The molecule has 0 aliphatic carbocycles. The van der Waals surface area contributed by atoms with Gasteiger partial charge in [0.1, 0.15) is 10.7 Å². The minimum Gasteiger partial charge on any atom is -0.398 e. The Hall–Kier alpha value is -1.60. The number of nitrogens with two attached hydrogens (primary N) is 1. The fourth-order valence-electron chi connectivity index (χ4n) is 1.93. The summed E-state index contributed by atoms with van der Waals surface area (Å²) in [6.07, 6.45) is 0. The summed E-state index contributed by atoms with van der Waals surface area (Å²) in [6.45, 7) is 3.48. The van der Waals surface area contributed by atoms with Gasteiger partial charge >= 0.3 is 0 Å². The van der Waals surface area contributed by atoms with Crippen LogP contribution in [0.2, 0.25) is 0 Å². The lowest BCUT2D eigenvalue weighted by Gasteiger charge is -2.14. The number of benzene rings is 2. The lowest BCUT2D eigenvalue weighted by molar-refractivity contribution is 0.600. The number of hydrogen-bond donors (Lipinski definition) is 2. The number of aryl methyl sites for hydroxylation is 1. The van der Waals surface area contributed by atoms with Crippen LogP contribution in [-0.2, 0) is 10.0 Å². The summed E-state index contributed by atoms with van der Waals surface area (Å²) < 4.78 is 41.0. The number of hydrogen-bond acceptors (Lipinski definition) is 3. The Kier molecular flexibility index (Phi) is 4.25. The average molecular weight is 373 g/mol. The van der Waals surface area contributed by atoms with E-state index in [1.165, 1.54) is 12.1 Å². The summed E-state index contributed by atoms with van der Waals surface area (Å²) in [5.74, 6) is -0.552. The van der Waals surface area contributed by atoms with Crippen LogP contribution in [0, 0.1) is 19.7 Å². The highest BCUT2D eigenvalue weighted by atomic mass is 79.9. The molecule has 112 valence electrons. The number of halogens is 2. The van der Waals surface area contributed by atoms with Crippen molar-refractivity contribution < 1.29 is 12.8 Å². The molecule has 0 saturated carbocycles. The fourth-order valence-corrected chi connectivity index (χ4v) is 3.66. The highest BCUT2D eigenvalue weighted by Gasteiger charge is 2.21. The van der Waals surface area contributed by atoms with E-state index in [2.05, 4.69) is 20.7 Å². The number of nitrogen functional groups attached to an aromatic ring is 1. The summed E-state index contributed by atoms with van der Waals surface area (Å²) in [5.41, 5.74) is 7.46. The van der Waals surface area contributed by atoms with Gasteiger partial charge in [0, 0.05) is 0 Å². The van der Waals surface area contributed by atoms with Crippen LogP contribution >= 0.6 is 15.9 Å². The molecule has 0 radical (unpaired) electrons. The molecule has 0 aliphatic heterocycles. The van der Waals surface area contributed by atoms with Crippen molar-refractivity contribution in [2.45, 2.75) is 18.7 Å². The zero-order chi connectivity index (χ0) is 15.8. The second-order valence-corrected chi connectivity index (χ2v) is 7.13. The van der Waals surface area contributed by atoms with Gasteiger partial charge in [-0.25, -0.2) is 12.8 Å². The van der Waals surface area contributed by atoms with E-state index < -0.39 is 15.8 Å². The zero-order valence-corrected chi connectivity index (χ0v) is 13.8. The van der Waals surface area contributed by atoms with Gasteiger partial charge in [0.15, 0.2) is 0 Å². The van der Waals surface area contributed by atoms with Crippen LogP contribution in [0.3, 0.4) is 0 Å². The third-order valence-electron chi connectivity index (χ3n) is 3.15. The summed E-state index contributed by atoms with van der Waals surface area (Å²) in [7, 11) is -3.88. The molecule has 3 N–H and O–H groups in total. The molecule has 0 amide bonds. The van der Waals surface area contributed by atoms with Crippen molar-refractivity contribution in [2.24, 2.45) is 0 Å². The molecule has 0 heterocycles. The Morgan fingerprint density at radius 1 is 1.19 bits per heavy atom. The molecule has 4 nitrogen and oxygen atoms in total. The van der Waals surface area contributed by atoms with Crippen LogP contribution in [0.4, 0.5) is 15.8 Å². The van der Waals surface area contributed by atoms with Crippen molar-refractivity contribution in [2.75, 3.05) is 10.5 Å². The first-order valence-corrected chi connectivity index (χ1v) is 8.33. The van der Waals surface area contributed by atoms with E-state index in [0.717, 1.165) is 11.6 Å². The van der Waals surface area contributed by atoms with Gasteiger partial charge < -0.3 is 5.73 Å². The predicted molar refractivity (Wildman–Crippen MR) is 85.2 cm³/mol. The van der Waals surface area contributed by atoms with Crippen LogP contribution in [0.15, 0.2) is 39.7 Å². The van der Waals surface area contributed by atoms with Crippen molar-refractivity contribution in [3.05, 3.63) is 51.7 Å². The minimum atomic E-state index is -3.88. The molecular weight excluding hydrogens is 359 g/mol. The second kappa shape index (κ2) is 5.65. The lowest BCUT2D eigenvalue weighted by atomic mass is 10.1. The molecular formula is C14H14BrFN2O2S. The molecule has 0 atom stereocenters. The van der Waals surface area contributed by atoms with Crippen LogP contribution in [0.25, 0.3) is 0 Å². The second-order valence-electron chi connectivity index (χ2n) is 4.66. The van der Waals surface area contributed by atoms with Crippen molar-refractivity contribution >= 4 is 37.3 Å². The molecule has 0 bridgehead atoms. The molecule has 0 unspecified atom stereocenters. The zero-order valence-electron chi connectivity index (χ0n) is 11.4. The fraction of sp³-hybridized carbons (Fsp3) is 0.143. The third kappa shape index (κ3) is 3.19. The molecule has 2 aromatic rings. The van der Waals surface area contributed by atoms with E-state index in [4.69, 9.17) is 5.73 Å². The maximum absolute atomic E-state index is 13.5. The highest BCUT2D eigenvalue weighted by molar-refractivity contribution is 9.10. The SMILES string of the molecule is Cc1ccc(N)c(S(=O)(=O)Nc2ccc(Br)c(F)c2)c1C. The number of nitrogens with one attached hydrogen (secondary N) is 1. The van der Waals surface area contributed by atoms with Crippen molar-refractivity contribution in [1.29, 1.82) is 0 Å². The first-order chi connectivity index (χ1) is 9.72. The summed E-state index contributed by atoms with van der Waals surface area (Å²) in [5, 5.41) is 0. The van der Waals surface area contributed by atoms with Crippen LogP contribution in [-0.4, -0.2) is 8.42 Å². The maximum Gasteiger partial charge on any atom is 0.264 e. The number of anilines is 2. The van der Waals surface area contributed by atoms with Crippen molar-refractivity contribution in [1.82, 2.24) is 0 Å². The van der Waals surface area contributed by atoms with Crippen LogP contribution in [0.1, 0.15) is 11.1 Å². The van der Waals surface area contributed by atoms with Gasteiger partial charge in [-0.3, -0.25) is 4.72 Å². The van der Waals surface area contributed by atoms with Gasteiger partial charge in [0.2, 0.25) is 0 Å². The monoisotopic (exact) mass is 372 g/mol. The van der Waals surface area contributed by atoms with Crippen LogP contribution in [0.5, 0.6) is 0 Å². The third-order valence-corrected chi connectivity index (χ3v) is 5.37. The summed E-state index contributed by atoms with van der Waals surface area (Å²) in [6, 6.07) is 7.29. The Morgan fingerprint density at radius 3 is 2.48 bits per heavy atom. The Labute approximate surface area is 131 Å². The average Bonchev–Trinajstić information content (AvgIpc) is 2.38. The van der Waals surface area contributed by atoms with Gasteiger partial charge in [0.05, 0.1) is 15.8 Å². The van der Waals surface area contributed by atoms with Gasteiger partial charge in [-0.1, -0.05) is 6.07 Å². The molecule has 2 aromatic carbocycles. The van der Waals surface area contributed by atoms with E-state index in [-0.39, 0.29) is 20.7 Å². The maximum atomic E-state index is 13.5. The summed E-state index contributed by atoms with van der Waals surface area (Å²) in [4.78, 5) is 0.0193. The van der Waals surface area contributed by atoms with Crippen molar-refractivity contribution in [3.63, 3.8) is 0 Å². The lowest BCUT2D eigenvalue weighted by Crippen LogP contribution is -2.17. The largest absolute Gasteiger partial charge is 0.398 e. The Balaban J connectivity index is 2.48. The van der Waals surface area contributed by atoms with E-state index >= 15 is 0 Å². The van der Waals surface area contributed by atoms with Crippen LogP contribution < -0.4 is 10.5 Å². The smallest absolute Gasteiger partial charge is 0.264 e. The number of rotatable bonds is 3. The molecule has 0 saturated heterocycles. The van der Waals surface area contributed by atoms with Gasteiger partial charge in [-0.15, -0.1) is 0 Å². The van der Waals surface area contributed by atoms with Crippen molar-refractivity contribution in [3.8, 4) is 0 Å². The predicted octanol–water partition coefficient (Wildman–Crippen LogP) is 3.59. The molecule has 0 aromatic heterocycles. The minimum absolute atomic E-state index is 0.0193. The molecule has 21 heavy (non-hydrogen) atoms. The van der Waals surface area contributed by atoms with Gasteiger partial charge in [-0.2, -0.15) is 0 Å². The quantitative estimate of drug-likeness (QED) is 0.808. The van der Waals surface area contributed by atoms with Gasteiger partial charge in [0.25, 0.3) is 10.0 Å². The highest BCUT2D eigenvalue weighted by Crippen LogP contribution is 2.28. The first kappa shape index (κ1) is 15.8. The Morgan fingerprint density at radius 2 is 1.86 bits per heavy atom. The number of sulfonamides is 1. The molecule has 0 fully saturated rings. The summed E-state index contributed by atoms with van der Waals surface area (Å²) >= 11 is 3.01. The normalized spacial score (nSPS) is 11.4. The van der Waals surface area contributed by atoms with E-state index in [0.29, 0.717) is 5.56 Å². The molecule has 0 aliphatic rings. The molecule has 0 spiro atoms. The standard InChI is InChI=1S/C14H14BrFN2O2S/c1-8-3-6-13(17)14(9(8)2)21(19,20)18-10-4-5-11(15)12(16)7-10/h3-7,18H,17H2,1-2H3. The van der Waals surface area contributed by atoms with Gasteiger partial charge in [-0.05, 0) is 65.2 Å². The van der Waals surface area contributed by atoms with E-state index in [1.807, 2.05) is 0 Å². The Bertz CT molecular complexity index is 807. The van der Waals surface area contributed by atoms with E-state index in [1.54, 1.807) is 26.0 Å². The van der Waals surface area contributed by atoms with E-state index in [9.17, 15) is 12.8 Å². The molecule has 2 rings (SSSR count).